The zero-order chi connectivity index (χ0) is 19.2. The zero-order valence-corrected chi connectivity index (χ0v) is 19.1. The van der Waals surface area contributed by atoms with Crippen LogP contribution in [0.4, 0.5) is 5.13 Å². The summed E-state index contributed by atoms with van der Waals surface area (Å²) in [5.41, 5.74) is 2.34. The molecule has 1 saturated carbocycles. The molecule has 1 aliphatic rings. The van der Waals surface area contributed by atoms with Crippen LogP contribution in [0.25, 0.3) is 10.2 Å². The molecule has 2 aromatic rings. The van der Waals surface area contributed by atoms with E-state index in [0.29, 0.717) is 0 Å². The Morgan fingerprint density at radius 2 is 1.82 bits per heavy atom. The number of carbonyl (C=O) groups is 1. The van der Waals surface area contributed by atoms with Crippen molar-refractivity contribution in [1.29, 1.82) is 0 Å². The van der Waals surface area contributed by atoms with Crippen molar-refractivity contribution in [3.8, 4) is 0 Å². The lowest BCUT2D eigenvalue weighted by atomic mass is 9.88. The number of likely N-dealkylation sites (N-methyl/N-ethyl adjacent to an activating group) is 1. The molecule has 0 N–H and O–H groups in total. The molecule has 1 fully saturated rings. The van der Waals surface area contributed by atoms with E-state index in [-0.39, 0.29) is 24.2 Å². The molecule has 156 valence electrons. The molecular weight excluding hydrogens is 390 g/mol. The Kier molecular flexibility index (Phi) is 9.19. The minimum absolute atomic E-state index is 0. The molecular formula is C22H34ClN3OS. The Labute approximate surface area is 179 Å². The monoisotopic (exact) mass is 423 g/mol. The first kappa shape index (κ1) is 23.1. The number of anilines is 1. The van der Waals surface area contributed by atoms with E-state index in [1.165, 1.54) is 29.5 Å². The maximum Gasteiger partial charge on any atom is 0.231 e. The van der Waals surface area contributed by atoms with Crippen molar-refractivity contribution in [3.05, 3.63) is 23.8 Å². The van der Waals surface area contributed by atoms with Gasteiger partial charge in [0.2, 0.25) is 5.91 Å². The quantitative estimate of drug-likeness (QED) is 0.559. The van der Waals surface area contributed by atoms with Gasteiger partial charge in [-0.05, 0) is 50.0 Å². The van der Waals surface area contributed by atoms with Crippen LogP contribution in [-0.4, -0.2) is 42.0 Å². The Hall–Kier alpha value is -1.17. The van der Waals surface area contributed by atoms with Crippen LogP contribution in [0.1, 0.15) is 58.4 Å². The number of aromatic nitrogens is 1. The van der Waals surface area contributed by atoms with E-state index in [0.717, 1.165) is 56.1 Å². The summed E-state index contributed by atoms with van der Waals surface area (Å²) in [7, 11) is 0. The second-order valence-electron chi connectivity index (χ2n) is 7.50. The van der Waals surface area contributed by atoms with Gasteiger partial charge in [0, 0.05) is 19.0 Å². The van der Waals surface area contributed by atoms with Crippen LogP contribution < -0.4 is 4.90 Å². The Morgan fingerprint density at radius 1 is 1.11 bits per heavy atom. The molecule has 0 bridgehead atoms. The lowest BCUT2D eigenvalue weighted by Crippen LogP contribution is -2.42. The molecule has 1 aromatic carbocycles. The van der Waals surface area contributed by atoms with Crippen molar-refractivity contribution in [2.24, 2.45) is 5.92 Å². The third-order valence-corrected chi connectivity index (χ3v) is 6.88. The maximum atomic E-state index is 13.4. The fourth-order valence-electron chi connectivity index (χ4n) is 3.94. The van der Waals surface area contributed by atoms with Gasteiger partial charge in [-0.15, -0.1) is 12.4 Å². The number of thiazole rings is 1. The van der Waals surface area contributed by atoms with Crippen molar-refractivity contribution in [2.45, 2.75) is 59.3 Å². The predicted octanol–water partition coefficient (Wildman–Crippen LogP) is 5.54. The number of benzene rings is 1. The molecule has 1 amide bonds. The molecule has 28 heavy (non-hydrogen) atoms. The molecule has 1 aromatic heterocycles. The van der Waals surface area contributed by atoms with E-state index in [1.54, 1.807) is 11.3 Å². The van der Waals surface area contributed by atoms with Gasteiger partial charge >= 0.3 is 0 Å². The summed E-state index contributed by atoms with van der Waals surface area (Å²) in [4.78, 5) is 22.6. The maximum absolute atomic E-state index is 13.4. The molecule has 1 heterocycles. The summed E-state index contributed by atoms with van der Waals surface area (Å²) < 4.78 is 1.19. The summed E-state index contributed by atoms with van der Waals surface area (Å²) in [6, 6.07) is 6.47. The fourth-order valence-corrected chi connectivity index (χ4v) is 5.00. The molecule has 0 atom stereocenters. The number of amides is 1. The van der Waals surface area contributed by atoms with Crippen molar-refractivity contribution >= 4 is 45.0 Å². The van der Waals surface area contributed by atoms with Crippen LogP contribution in [0.3, 0.4) is 0 Å². The fraction of sp³-hybridized carbons (Fsp3) is 0.636. The largest absolute Gasteiger partial charge is 0.302 e. The molecule has 6 heteroatoms. The zero-order valence-electron chi connectivity index (χ0n) is 17.4. The van der Waals surface area contributed by atoms with Crippen molar-refractivity contribution in [1.82, 2.24) is 9.88 Å². The number of aryl methyl sites for hydroxylation is 1. The average Bonchev–Trinajstić information content (AvgIpc) is 3.14. The minimum Gasteiger partial charge on any atom is -0.302 e. The summed E-state index contributed by atoms with van der Waals surface area (Å²) in [6.45, 7) is 10.2. The predicted molar refractivity (Wildman–Crippen MR) is 123 cm³/mol. The molecule has 0 radical (unpaired) electrons. The normalized spacial score (nSPS) is 15.0. The number of halogens is 1. The average molecular weight is 424 g/mol. The molecule has 3 rings (SSSR count). The van der Waals surface area contributed by atoms with E-state index >= 15 is 0 Å². The highest BCUT2D eigenvalue weighted by Crippen LogP contribution is 2.33. The van der Waals surface area contributed by atoms with Gasteiger partial charge in [-0.1, -0.05) is 57.4 Å². The molecule has 0 saturated heterocycles. The molecule has 4 nitrogen and oxygen atoms in total. The van der Waals surface area contributed by atoms with Gasteiger partial charge in [-0.25, -0.2) is 4.98 Å². The first-order chi connectivity index (χ1) is 13.2. The Bertz CT molecular complexity index is 753. The number of rotatable bonds is 8. The second-order valence-corrected chi connectivity index (χ2v) is 8.51. The van der Waals surface area contributed by atoms with Gasteiger partial charge in [0.25, 0.3) is 0 Å². The van der Waals surface area contributed by atoms with E-state index in [1.807, 2.05) is 4.90 Å². The lowest BCUT2D eigenvalue weighted by molar-refractivity contribution is -0.123. The van der Waals surface area contributed by atoms with Crippen LogP contribution in [0.15, 0.2) is 18.2 Å². The van der Waals surface area contributed by atoms with Gasteiger partial charge in [-0.3, -0.25) is 9.69 Å². The highest BCUT2D eigenvalue weighted by Gasteiger charge is 2.28. The number of nitrogens with zero attached hydrogens (tertiary/aromatic N) is 3. The Balaban J connectivity index is 0.00000280. The summed E-state index contributed by atoms with van der Waals surface area (Å²) >= 11 is 1.67. The minimum atomic E-state index is 0. The SMILES string of the molecule is CCc1ccc2nc(N(CCN(CC)CC)C(=O)C3CCCCC3)sc2c1.Cl. The van der Waals surface area contributed by atoms with Crippen LogP contribution in [0, 0.1) is 5.92 Å². The van der Waals surface area contributed by atoms with Crippen molar-refractivity contribution in [3.63, 3.8) is 0 Å². The highest BCUT2D eigenvalue weighted by atomic mass is 35.5. The molecule has 1 aliphatic carbocycles. The molecule has 0 unspecified atom stereocenters. The van der Waals surface area contributed by atoms with Gasteiger partial charge in [0.15, 0.2) is 5.13 Å². The molecule has 0 spiro atoms. The van der Waals surface area contributed by atoms with Crippen LogP contribution in [0.2, 0.25) is 0 Å². The van der Waals surface area contributed by atoms with Gasteiger partial charge in [0.1, 0.15) is 0 Å². The van der Waals surface area contributed by atoms with Crippen molar-refractivity contribution in [2.75, 3.05) is 31.1 Å². The number of carbonyl (C=O) groups excluding carboxylic acids is 1. The number of hydrogen-bond acceptors (Lipinski definition) is 4. The van der Waals surface area contributed by atoms with Crippen LogP contribution >= 0.6 is 23.7 Å². The van der Waals surface area contributed by atoms with E-state index in [4.69, 9.17) is 4.98 Å². The number of hydrogen-bond donors (Lipinski definition) is 0. The van der Waals surface area contributed by atoms with Crippen molar-refractivity contribution < 1.29 is 4.79 Å². The first-order valence-corrected chi connectivity index (χ1v) is 11.4. The van der Waals surface area contributed by atoms with Crippen LogP contribution in [-0.2, 0) is 11.2 Å². The van der Waals surface area contributed by atoms with E-state index in [9.17, 15) is 4.79 Å². The second kappa shape index (κ2) is 11.1. The third-order valence-electron chi connectivity index (χ3n) is 5.84. The summed E-state index contributed by atoms with van der Waals surface area (Å²) in [6.07, 6.45) is 6.72. The first-order valence-electron chi connectivity index (χ1n) is 10.6. The van der Waals surface area contributed by atoms with Gasteiger partial charge in [-0.2, -0.15) is 0 Å². The highest BCUT2D eigenvalue weighted by molar-refractivity contribution is 7.22. The van der Waals surface area contributed by atoms with E-state index < -0.39 is 0 Å². The topological polar surface area (TPSA) is 36.4 Å². The van der Waals surface area contributed by atoms with Crippen LogP contribution in [0.5, 0.6) is 0 Å². The number of fused-ring (bicyclic) bond motifs is 1. The van der Waals surface area contributed by atoms with Gasteiger partial charge < -0.3 is 4.90 Å². The smallest absolute Gasteiger partial charge is 0.231 e. The Morgan fingerprint density at radius 3 is 2.46 bits per heavy atom. The lowest BCUT2D eigenvalue weighted by Gasteiger charge is -2.29. The third kappa shape index (κ3) is 5.46. The standard InChI is InChI=1S/C22H33N3OS.ClH/c1-4-17-12-13-19-20(16-17)27-22(23-19)25(15-14-24(5-2)6-3)21(26)18-10-8-7-9-11-18;/h12-13,16,18H,4-11,14-15H2,1-3H3;1H. The molecule has 0 aliphatic heterocycles. The van der Waals surface area contributed by atoms with Gasteiger partial charge in [0.05, 0.1) is 10.2 Å². The van der Waals surface area contributed by atoms with E-state index in [2.05, 4.69) is 43.9 Å². The summed E-state index contributed by atoms with van der Waals surface area (Å²) in [5.74, 6) is 0.463. The summed E-state index contributed by atoms with van der Waals surface area (Å²) in [5, 5.41) is 0.876.